The second kappa shape index (κ2) is 10.0. The molecule has 0 saturated carbocycles. The quantitative estimate of drug-likeness (QED) is 0.708. The van der Waals surface area contributed by atoms with Crippen molar-refractivity contribution in [1.82, 2.24) is 10.6 Å². The number of rotatable bonds is 6. The van der Waals surface area contributed by atoms with Gasteiger partial charge in [0.05, 0.1) is 12.1 Å². The van der Waals surface area contributed by atoms with Crippen LogP contribution in [-0.2, 0) is 29.0 Å². The smallest absolute Gasteiger partial charge is 0.226 e. The zero-order valence-corrected chi connectivity index (χ0v) is 15.7. The van der Waals surface area contributed by atoms with Crippen LogP contribution in [0.1, 0.15) is 23.1 Å². The van der Waals surface area contributed by atoms with Crippen molar-refractivity contribution in [3.05, 3.63) is 65.0 Å². The van der Waals surface area contributed by atoms with Gasteiger partial charge >= 0.3 is 0 Å². The van der Waals surface area contributed by atoms with E-state index >= 15 is 0 Å². The molecule has 2 aromatic rings. The fraction of sp³-hybridized carbons (Fsp3) is 0.300. The summed E-state index contributed by atoms with van der Waals surface area (Å²) in [4.78, 5) is 23.9. The molecule has 0 aliphatic carbocycles. The lowest BCUT2D eigenvalue weighted by atomic mass is 9.99. The molecule has 2 aromatic carbocycles. The molecule has 0 fully saturated rings. The normalized spacial score (nSPS) is 12.5. The molecule has 0 atom stereocenters. The fourth-order valence-electron chi connectivity index (χ4n) is 3.00. The van der Waals surface area contributed by atoms with Crippen LogP contribution in [0.15, 0.2) is 42.5 Å². The van der Waals surface area contributed by atoms with E-state index < -0.39 is 0 Å². The number of amides is 2. The first-order chi connectivity index (χ1) is 12.6. The molecule has 0 spiro atoms. The average molecular weight is 392 g/mol. The molecule has 27 heavy (non-hydrogen) atoms. The fourth-order valence-corrected chi connectivity index (χ4v) is 3.00. The lowest BCUT2D eigenvalue weighted by molar-refractivity contribution is -0.120. The van der Waals surface area contributed by atoms with Crippen LogP contribution in [0.2, 0.25) is 0 Å². The second-order valence-corrected chi connectivity index (χ2v) is 6.30. The minimum Gasteiger partial charge on any atom is -0.355 e. The van der Waals surface area contributed by atoms with Crippen LogP contribution < -0.4 is 16.0 Å². The van der Waals surface area contributed by atoms with Crippen molar-refractivity contribution in [3.63, 3.8) is 0 Å². The molecule has 3 rings (SSSR count). The molecule has 0 saturated heterocycles. The van der Waals surface area contributed by atoms with E-state index in [-0.39, 0.29) is 55.1 Å². The summed E-state index contributed by atoms with van der Waals surface area (Å²) < 4.78 is 14.5. The Morgan fingerprint density at radius 1 is 1.07 bits per heavy atom. The maximum Gasteiger partial charge on any atom is 0.226 e. The van der Waals surface area contributed by atoms with Gasteiger partial charge in [-0.15, -0.1) is 12.4 Å². The maximum atomic E-state index is 14.5. The van der Waals surface area contributed by atoms with E-state index in [9.17, 15) is 14.0 Å². The molecule has 0 radical (unpaired) electrons. The highest BCUT2D eigenvalue weighted by molar-refractivity contribution is 5.91. The average Bonchev–Trinajstić information content (AvgIpc) is 2.65. The van der Waals surface area contributed by atoms with Gasteiger partial charge in [-0.1, -0.05) is 36.4 Å². The Labute approximate surface area is 164 Å². The summed E-state index contributed by atoms with van der Waals surface area (Å²) in [5.41, 5.74) is 2.71. The molecule has 5 nitrogen and oxygen atoms in total. The molecular weight excluding hydrogens is 369 g/mol. The van der Waals surface area contributed by atoms with Crippen molar-refractivity contribution >= 4 is 29.9 Å². The number of carbonyl (C=O) groups is 2. The number of hydrogen-bond donors (Lipinski definition) is 3. The van der Waals surface area contributed by atoms with E-state index in [0.717, 1.165) is 17.7 Å². The summed E-state index contributed by atoms with van der Waals surface area (Å²) in [6.45, 7) is 1.59. The second-order valence-electron chi connectivity index (χ2n) is 6.30. The lowest BCUT2D eigenvalue weighted by Crippen LogP contribution is -2.29. The molecule has 0 aromatic heterocycles. The lowest BCUT2D eigenvalue weighted by Gasteiger charge is -2.19. The first kappa shape index (κ1) is 20.9. The third kappa shape index (κ3) is 5.77. The number of halogens is 2. The van der Waals surface area contributed by atoms with E-state index in [1.54, 1.807) is 6.07 Å². The van der Waals surface area contributed by atoms with Crippen molar-refractivity contribution in [2.45, 2.75) is 25.8 Å². The molecule has 3 N–H and O–H groups in total. The standard InChI is InChI=1S/C20H22FN3O2.ClH/c21-20-16-8-10-22-13-15(16)6-7-17(20)24-18(25)9-11-23-19(26)12-14-4-2-1-3-5-14;/h1-7,22H,8-13H2,(H,23,26)(H,24,25);1H. The van der Waals surface area contributed by atoms with Gasteiger partial charge in [0.15, 0.2) is 0 Å². The van der Waals surface area contributed by atoms with Crippen LogP contribution in [0.4, 0.5) is 10.1 Å². The van der Waals surface area contributed by atoms with Gasteiger partial charge in [-0.25, -0.2) is 4.39 Å². The molecule has 0 unspecified atom stereocenters. The van der Waals surface area contributed by atoms with E-state index in [2.05, 4.69) is 16.0 Å². The summed E-state index contributed by atoms with van der Waals surface area (Å²) in [7, 11) is 0. The Morgan fingerprint density at radius 3 is 2.63 bits per heavy atom. The van der Waals surface area contributed by atoms with Crippen LogP contribution in [0.5, 0.6) is 0 Å². The number of carbonyl (C=O) groups excluding carboxylic acids is 2. The van der Waals surface area contributed by atoms with Gasteiger partial charge in [-0.3, -0.25) is 9.59 Å². The van der Waals surface area contributed by atoms with Crippen molar-refractivity contribution in [2.75, 3.05) is 18.4 Å². The topological polar surface area (TPSA) is 70.2 Å². The Kier molecular flexibility index (Phi) is 7.76. The number of hydrogen-bond acceptors (Lipinski definition) is 3. The van der Waals surface area contributed by atoms with Crippen molar-refractivity contribution < 1.29 is 14.0 Å². The van der Waals surface area contributed by atoms with E-state index in [1.807, 2.05) is 36.4 Å². The Balaban J connectivity index is 0.00000261. The SMILES string of the molecule is Cl.O=C(Cc1ccccc1)NCCC(=O)Nc1ccc2c(c1F)CCNC2. The number of fused-ring (bicyclic) bond motifs is 1. The van der Waals surface area contributed by atoms with E-state index in [1.165, 1.54) is 0 Å². The third-order valence-electron chi connectivity index (χ3n) is 4.36. The molecule has 7 heteroatoms. The van der Waals surface area contributed by atoms with E-state index in [0.29, 0.717) is 18.5 Å². The molecule has 0 bridgehead atoms. The maximum absolute atomic E-state index is 14.5. The van der Waals surface area contributed by atoms with Gasteiger partial charge in [0.2, 0.25) is 11.8 Å². The van der Waals surface area contributed by atoms with Crippen LogP contribution in [-0.4, -0.2) is 24.9 Å². The van der Waals surface area contributed by atoms with Gasteiger partial charge < -0.3 is 16.0 Å². The van der Waals surface area contributed by atoms with Crippen LogP contribution in [0.3, 0.4) is 0 Å². The Bertz CT molecular complexity index is 799. The summed E-state index contributed by atoms with van der Waals surface area (Å²) in [6, 6.07) is 12.8. The molecule has 144 valence electrons. The Hall–Kier alpha value is -2.44. The van der Waals surface area contributed by atoms with Gasteiger partial charge in [0.1, 0.15) is 5.82 Å². The predicted octanol–water partition coefficient (Wildman–Crippen LogP) is 2.58. The van der Waals surface area contributed by atoms with Gasteiger partial charge in [-0.2, -0.15) is 0 Å². The summed E-state index contributed by atoms with van der Waals surface area (Å²) in [5.74, 6) is -0.820. The predicted molar refractivity (Wildman–Crippen MR) is 105 cm³/mol. The monoisotopic (exact) mass is 391 g/mol. The zero-order valence-electron chi connectivity index (χ0n) is 14.9. The Morgan fingerprint density at radius 2 is 1.85 bits per heavy atom. The van der Waals surface area contributed by atoms with Crippen molar-refractivity contribution in [3.8, 4) is 0 Å². The minimum atomic E-state index is -0.356. The number of anilines is 1. The summed E-state index contributed by atoms with van der Waals surface area (Å²) in [6.07, 6.45) is 0.981. The first-order valence-electron chi connectivity index (χ1n) is 8.75. The largest absolute Gasteiger partial charge is 0.355 e. The van der Waals surface area contributed by atoms with Crippen molar-refractivity contribution in [2.24, 2.45) is 0 Å². The molecule has 1 heterocycles. The van der Waals surface area contributed by atoms with Crippen LogP contribution >= 0.6 is 12.4 Å². The van der Waals surface area contributed by atoms with E-state index in [4.69, 9.17) is 0 Å². The summed E-state index contributed by atoms with van der Waals surface area (Å²) in [5, 5.41) is 8.50. The first-order valence-corrected chi connectivity index (χ1v) is 8.75. The van der Waals surface area contributed by atoms with Gasteiger partial charge in [0, 0.05) is 19.5 Å². The number of benzene rings is 2. The zero-order chi connectivity index (χ0) is 18.4. The molecule has 1 aliphatic heterocycles. The van der Waals surface area contributed by atoms with Gasteiger partial charge in [0.25, 0.3) is 0 Å². The molecule has 2 amide bonds. The highest BCUT2D eigenvalue weighted by atomic mass is 35.5. The number of nitrogens with one attached hydrogen (secondary N) is 3. The molecule has 1 aliphatic rings. The van der Waals surface area contributed by atoms with Gasteiger partial charge in [-0.05, 0) is 35.7 Å². The highest BCUT2D eigenvalue weighted by Gasteiger charge is 2.17. The minimum absolute atomic E-state index is 0. The van der Waals surface area contributed by atoms with Crippen molar-refractivity contribution in [1.29, 1.82) is 0 Å². The van der Waals surface area contributed by atoms with Crippen LogP contribution in [0, 0.1) is 5.82 Å². The summed E-state index contributed by atoms with van der Waals surface area (Å²) >= 11 is 0. The van der Waals surface area contributed by atoms with Crippen LogP contribution in [0.25, 0.3) is 0 Å². The third-order valence-corrected chi connectivity index (χ3v) is 4.36. The molecular formula is C20H23ClFN3O2. The highest BCUT2D eigenvalue weighted by Crippen LogP contribution is 2.24.